The van der Waals surface area contributed by atoms with Gasteiger partial charge in [0, 0.05) is 11.1 Å². The minimum absolute atomic E-state index is 0.0827. The SMILES string of the molecule is CNC(c1ccoc1)c1c(C)cc(C)cc1OC. The van der Waals surface area contributed by atoms with Crippen molar-refractivity contribution in [3.8, 4) is 5.75 Å². The number of aryl methyl sites for hydroxylation is 2. The first kappa shape index (κ1) is 12.7. The third kappa shape index (κ3) is 2.27. The first-order chi connectivity index (χ1) is 8.67. The number of furan rings is 1. The van der Waals surface area contributed by atoms with E-state index in [2.05, 4.69) is 31.3 Å². The molecule has 1 heterocycles. The number of ether oxygens (including phenoxy) is 1. The lowest BCUT2D eigenvalue weighted by atomic mass is 9.94. The fourth-order valence-electron chi connectivity index (χ4n) is 2.40. The largest absolute Gasteiger partial charge is 0.496 e. The van der Waals surface area contributed by atoms with Gasteiger partial charge in [-0.05, 0) is 44.2 Å². The average Bonchev–Trinajstić information content (AvgIpc) is 2.85. The predicted molar refractivity (Wildman–Crippen MR) is 72.1 cm³/mol. The van der Waals surface area contributed by atoms with Crippen molar-refractivity contribution in [3.05, 3.63) is 53.0 Å². The number of hydrogen-bond donors (Lipinski definition) is 1. The molecule has 1 aromatic carbocycles. The molecule has 3 nitrogen and oxygen atoms in total. The van der Waals surface area contributed by atoms with Crippen LogP contribution in [-0.4, -0.2) is 14.2 Å². The van der Waals surface area contributed by atoms with E-state index < -0.39 is 0 Å². The van der Waals surface area contributed by atoms with Gasteiger partial charge in [-0.15, -0.1) is 0 Å². The van der Waals surface area contributed by atoms with E-state index in [0.717, 1.165) is 16.9 Å². The molecule has 0 aliphatic heterocycles. The fourth-order valence-corrected chi connectivity index (χ4v) is 2.40. The van der Waals surface area contributed by atoms with Gasteiger partial charge in [-0.2, -0.15) is 0 Å². The van der Waals surface area contributed by atoms with Crippen LogP contribution < -0.4 is 10.1 Å². The van der Waals surface area contributed by atoms with Crippen LogP contribution in [0.25, 0.3) is 0 Å². The van der Waals surface area contributed by atoms with E-state index in [9.17, 15) is 0 Å². The molecule has 0 radical (unpaired) electrons. The Morgan fingerprint density at radius 2 is 2.06 bits per heavy atom. The van der Waals surface area contributed by atoms with Crippen LogP contribution >= 0.6 is 0 Å². The fraction of sp³-hybridized carbons (Fsp3) is 0.333. The number of methoxy groups -OCH3 is 1. The van der Waals surface area contributed by atoms with Gasteiger partial charge >= 0.3 is 0 Å². The number of hydrogen-bond acceptors (Lipinski definition) is 3. The molecule has 0 saturated carbocycles. The Labute approximate surface area is 108 Å². The second-order valence-corrected chi connectivity index (χ2v) is 4.48. The van der Waals surface area contributed by atoms with Gasteiger partial charge in [0.1, 0.15) is 5.75 Å². The van der Waals surface area contributed by atoms with Gasteiger partial charge in [0.25, 0.3) is 0 Å². The smallest absolute Gasteiger partial charge is 0.124 e. The molecule has 1 N–H and O–H groups in total. The Kier molecular flexibility index (Phi) is 3.72. The van der Waals surface area contributed by atoms with Crippen LogP contribution in [0.2, 0.25) is 0 Å². The van der Waals surface area contributed by atoms with Crippen LogP contribution in [0.3, 0.4) is 0 Å². The second kappa shape index (κ2) is 5.27. The highest BCUT2D eigenvalue weighted by Gasteiger charge is 2.20. The minimum atomic E-state index is 0.0827. The first-order valence-corrected chi connectivity index (χ1v) is 6.02. The van der Waals surface area contributed by atoms with E-state index in [1.54, 1.807) is 19.6 Å². The molecule has 3 heteroatoms. The monoisotopic (exact) mass is 245 g/mol. The highest BCUT2D eigenvalue weighted by atomic mass is 16.5. The number of benzene rings is 1. The summed E-state index contributed by atoms with van der Waals surface area (Å²) in [6.07, 6.45) is 3.45. The number of rotatable bonds is 4. The summed E-state index contributed by atoms with van der Waals surface area (Å²) >= 11 is 0. The topological polar surface area (TPSA) is 34.4 Å². The summed E-state index contributed by atoms with van der Waals surface area (Å²) in [6, 6.07) is 6.29. The van der Waals surface area contributed by atoms with E-state index in [0.29, 0.717) is 0 Å². The van der Waals surface area contributed by atoms with Gasteiger partial charge in [-0.25, -0.2) is 0 Å². The van der Waals surface area contributed by atoms with Crippen molar-refractivity contribution < 1.29 is 9.15 Å². The minimum Gasteiger partial charge on any atom is -0.496 e. The third-order valence-corrected chi connectivity index (χ3v) is 3.17. The van der Waals surface area contributed by atoms with Crippen molar-refractivity contribution in [1.82, 2.24) is 5.32 Å². The molecule has 2 aromatic rings. The van der Waals surface area contributed by atoms with Crippen molar-refractivity contribution in [3.63, 3.8) is 0 Å². The van der Waals surface area contributed by atoms with Crippen molar-refractivity contribution in [2.75, 3.05) is 14.2 Å². The van der Waals surface area contributed by atoms with Crippen LogP contribution in [0.15, 0.2) is 35.1 Å². The third-order valence-electron chi connectivity index (χ3n) is 3.17. The molecule has 1 aromatic heterocycles. The molecule has 0 saturated heterocycles. The Hall–Kier alpha value is -1.74. The zero-order valence-corrected chi connectivity index (χ0v) is 11.3. The zero-order chi connectivity index (χ0) is 13.1. The van der Waals surface area contributed by atoms with Gasteiger partial charge < -0.3 is 14.5 Å². The van der Waals surface area contributed by atoms with Crippen molar-refractivity contribution in [2.24, 2.45) is 0 Å². The lowest BCUT2D eigenvalue weighted by Crippen LogP contribution is -2.19. The summed E-state index contributed by atoms with van der Waals surface area (Å²) in [5.74, 6) is 0.910. The molecule has 0 bridgehead atoms. The maximum atomic E-state index is 5.52. The van der Waals surface area contributed by atoms with E-state index in [-0.39, 0.29) is 6.04 Å². The summed E-state index contributed by atoms with van der Waals surface area (Å²) < 4.78 is 10.7. The Morgan fingerprint density at radius 3 is 2.61 bits per heavy atom. The van der Waals surface area contributed by atoms with E-state index >= 15 is 0 Å². The molecule has 18 heavy (non-hydrogen) atoms. The molecular formula is C15H19NO2. The lowest BCUT2D eigenvalue weighted by Gasteiger charge is -2.21. The van der Waals surface area contributed by atoms with E-state index in [4.69, 9.17) is 9.15 Å². The predicted octanol–water partition coefficient (Wildman–Crippen LogP) is 3.21. The van der Waals surface area contributed by atoms with E-state index in [1.165, 1.54) is 11.1 Å². The lowest BCUT2D eigenvalue weighted by molar-refractivity contribution is 0.404. The van der Waals surface area contributed by atoms with Gasteiger partial charge in [0.2, 0.25) is 0 Å². The molecule has 1 atom stereocenters. The molecule has 0 aliphatic carbocycles. The Balaban J connectivity index is 2.55. The highest BCUT2D eigenvalue weighted by molar-refractivity contribution is 5.48. The molecule has 2 rings (SSSR count). The van der Waals surface area contributed by atoms with Crippen LogP contribution in [0, 0.1) is 13.8 Å². The molecule has 0 aliphatic rings. The molecule has 96 valence electrons. The summed E-state index contributed by atoms with van der Waals surface area (Å²) in [6.45, 7) is 4.18. The molecule has 1 unspecified atom stereocenters. The first-order valence-electron chi connectivity index (χ1n) is 6.02. The second-order valence-electron chi connectivity index (χ2n) is 4.48. The maximum absolute atomic E-state index is 5.52. The van der Waals surface area contributed by atoms with Crippen molar-refractivity contribution in [1.29, 1.82) is 0 Å². The number of nitrogens with one attached hydrogen (secondary N) is 1. The summed E-state index contributed by atoms with van der Waals surface area (Å²) in [4.78, 5) is 0. The van der Waals surface area contributed by atoms with Crippen LogP contribution in [0.1, 0.15) is 28.3 Å². The summed E-state index contributed by atoms with van der Waals surface area (Å²) in [5.41, 5.74) is 4.68. The Bertz CT molecular complexity index is 518. The zero-order valence-electron chi connectivity index (χ0n) is 11.3. The molecule has 0 fully saturated rings. The van der Waals surface area contributed by atoms with Crippen LogP contribution in [-0.2, 0) is 0 Å². The quantitative estimate of drug-likeness (QED) is 0.898. The van der Waals surface area contributed by atoms with Gasteiger partial charge in [-0.1, -0.05) is 6.07 Å². The highest BCUT2D eigenvalue weighted by Crippen LogP contribution is 2.33. The van der Waals surface area contributed by atoms with Crippen molar-refractivity contribution in [2.45, 2.75) is 19.9 Å². The van der Waals surface area contributed by atoms with Gasteiger partial charge in [0.05, 0.1) is 25.7 Å². The van der Waals surface area contributed by atoms with E-state index in [1.807, 2.05) is 13.1 Å². The summed E-state index contributed by atoms with van der Waals surface area (Å²) in [5, 5.41) is 3.32. The maximum Gasteiger partial charge on any atom is 0.124 e. The van der Waals surface area contributed by atoms with Crippen LogP contribution in [0.4, 0.5) is 0 Å². The molecule has 0 amide bonds. The standard InChI is InChI=1S/C15H19NO2/c1-10-7-11(2)14(13(8-10)17-4)15(16-3)12-5-6-18-9-12/h5-9,15-16H,1-4H3. The van der Waals surface area contributed by atoms with Gasteiger partial charge in [0.15, 0.2) is 0 Å². The molecular weight excluding hydrogens is 226 g/mol. The summed E-state index contributed by atoms with van der Waals surface area (Å²) in [7, 11) is 3.65. The normalized spacial score (nSPS) is 12.4. The Morgan fingerprint density at radius 1 is 1.28 bits per heavy atom. The van der Waals surface area contributed by atoms with Crippen LogP contribution in [0.5, 0.6) is 5.75 Å². The van der Waals surface area contributed by atoms with Gasteiger partial charge in [-0.3, -0.25) is 0 Å². The van der Waals surface area contributed by atoms with Crippen molar-refractivity contribution >= 4 is 0 Å². The average molecular weight is 245 g/mol. The molecule has 0 spiro atoms.